The molecule has 0 aliphatic carbocycles. The van der Waals surface area contributed by atoms with Crippen LogP contribution in [0.2, 0.25) is 0 Å². The first kappa shape index (κ1) is 40.0. The van der Waals surface area contributed by atoms with Crippen molar-refractivity contribution in [1.29, 1.82) is 0 Å². The van der Waals surface area contributed by atoms with Crippen molar-refractivity contribution in [2.75, 3.05) is 6.61 Å². The minimum absolute atomic E-state index is 0.192. The molecule has 2 N–H and O–H groups in total. The van der Waals surface area contributed by atoms with Crippen molar-refractivity contribution in [2.45, 2.75) is 39.6 Å². The third-order valence-electron chi connectivity index (χ3n) is 9.02. The topological polar surface area (TPSA) is 183 Å². The molecular weight excluding hydrogens is 791 g/mol. The highest BCUT2D eigenvalue weighted by Gasteiger charge is 2.19. The number of rotatable bonds is 12. The monoisotopic (exact) mass is 827 g/mol. The van der Waals surface area contributed by atoms with E-state index in [1.807, 2.05) is 6.92 Å². The maximum atomic E-state index is 12.8. The maximum absolute atomic E-state index is 12.8. The molecule has 8 rings (SSSR count). The average molecular weight is 828 g/mol. The van der Waals surface area contributed by atoms with Crippen LogP contribution in [0.1, 0.15) is 38.9 Å². The quantitative estimate of drug-likeness (QED) is 0.148. The van der Waals surface area contributed by atoms with Gasteiger partial charge in [0.25, 0.3) is 11.8 Å². The van der Waals surface area contributed by atoms with E-state index in [9.17, 15) is 26.4 Å². The van der Waals surface area contributed by atoms with Gasteiger partial charge in [-0.1, -0.05) is 42.5 Å². The van der Waals surface area contributed by atoms with Gasteiger partial charge in [0.1, 0.15) is 17.1 Å². The highest BCUT2D eigenvalue weighted by atomic mass is 32.2. The van der Waals surface area contributed by atoms with Crippen molar-refractivity contribution in [1.82, 2.24) is 34.4 Å². The Morgan fingerprint density at radius 3 is 1.75 bits per heavy atom. The number of nitrogens with one attached hydrogen (secondary N) is 2. The highest BCUT2D eigenvalue weighted by molar-refractivity contribution is 7.91. The van der Waals surface area contributed by atoms with Crippen molar-refractivity contribution in [3.8, 4) is 5.75 Å². The number of fused-ring (bicyclic) bond motifs is 2. The SMILES string of the molecule is CCOc1ccc(S(=O)(=O)c2ccc(CNC(=O)c3ccc4nccn4c3)cc2)cc1.O=C(NCc1ccc(S(=O)(=O)c2ccccc2)cc1)c1cn2ccncc2n1. The van der Waals surface area contributed by atoms with Crippen LogP contribution in [0.3, 0.4) is 0 Å². The summed E-state index contributed by atoms with van der Waals surface area (Å²) in [7, 11) is -7.18. The average Bonchev–Trinajstić information content (AvgIpc) is 3.93. The number of aromatic nitrogens is 5. The van der Waals surface area contributed by atoms with E-state index >= 15 is 0 Å². The standard InChI is InChI=1S/C23H21N3O4S.C20H16N4O3S/c1-2-30-19-6-10-21(11-7-19)31(28,29)20-8-3-17(4-9-20)15-25-23(27)18-5-12-22-24-13-14-26(22)16-18;25-20(18-14-24-11-10-21-13-19(24)23-18)22-12-15-6-8-17(9-7-15)28(26,27)16-4-2-1-3-5-16/h3-14,16H,2,15H2,1H3,(H,25,27);1-11,13-14H,12H2,(H,22,25). The number of imidazole rings is 2. The first-order valence-corrected chi connectivity index (χ1v) is 21.2. The molecule has 0 fully saturated rings. The number of hydrogen-bond acceptors (Lipinski definition) is 10. The number of ether oxygens (including phenoxy) is 1. The molecule has 0 bridgehead atoms. The molecule has 59 heavy (non-hydrogen) atoms. The molecule has 0 aliphatic heterocycles. The van der Waals surface area contributed by atoms with Gasteiger partial charge >= 0.3 is 0 Å². The summed E-state index contributed by atoms with van der Waals surface area (Å²) >= 11 is 0. The van der Waals surface area contributed by atoms with E-state index in [1.54, 1.807) is 155 Å². The second-order valence-electron chi connectivity index (χ2n) is 13.0. The summed E-state index contributed by atoms with van der Waals surface area (Å²) < 4.78 is 59.7. The van der Waals surface area contributed by atoms with E-state index in [-0.39, 0.29) is 50.2 Å². The lowest BCUT2D eigenvalue weighted by molar-refractivity contribution is 0.0940. The number of sulfone groups is 2. The lowest BCUT2D eigenvalue weighted by atomic mass is 10.2. The lowest BCUT2D eigenvalue weighted by Crippen LogP contribution is -2.23. The first-order chi connectivity index (χ1) is 28.5. The molecule has 0 radical (unpaired) electrons. The van der Waals surface area contributed by atoms with Gasteiger partial charge in [-0.25, -0.2) is 26.8 Å². The molecule has 8 aromatic rings. The van der Waals surface area contributed by atoms with Gasteiger partial charge in [0.05, 0.1) is 37.9 Å². The van der Waals surface area contributed by atoms with Crippen LogP contribution in [-0.4, -0.2) is 59.0 Å². The molecule has 0 saturated carbocycles. The van der Waals surface area contributed by atoms with Gasteiger partial charge in [-0.3, -0.25) is 14.6 Å². The van der Waals surface area contributed by atoms with Crippen LogP contribution in [0.25, 0.3) is 11.3 Å². The zero-order valence-electron chi connectivity index (χ0n) is 31.5. The summed E-state index contributed by atoms with van der Waals surface area (Å²) in [5, 5.41) is 5.63. The van der Waals surface area contributed by atoms with Crippen molar-refractivity contribution in [3.63, 3.8) is 0 Å². The van der Waals surface area contributed by atoms with Crippen LogP contribution < -0.4 is 15.4 Å². The summed E-state index contributed by atoms with van der Waals surface area (Å²) in [6.45, 7) is 2.93. The minimum atomic E-state index is -3.63. The molecule has 0 aliphatic rings. The second-order valence-corrected chi connectivity index (χ2v) is 16.9. The zero-order chi connectivity index (χ0) is 41.4. The Morgan fingerprint density at radius 1 is 0.610 bits per heavy atom. The summed E-state index contributed by atoms with van der Waals surface area (Å²) in [6, 6.07) is 31.0. The summed E-state index contributed by atoms with van der Waals surface area (Å²) in [5.41, 5.74) is 3.73. The fraction of sp³-hybridized carbons (Fsp3) is 0.0930. The molecular formula is C43H37N7O7S2. The number of carbonyl (C=O) groups is 2. The van der Waals surface area contributed by atoms with Gasteiger partial charge in [0.15, 0.2) is 5.65 Å². The fourth-order valence-electron chi connectivity index (χ4n) is 5.89. The molecule has 4 aromatic carbocycles. The van der Waals surface area contributed by atoms with Gasteiger partial charge in [-0.15, -0.1) is 0 Å². The third-order valence-corrected chi connectivity index (χ3v) is 12.6. The van der Waals surface area contributed by atoms with Crippen molar-refractivity contribution >= 4 is 42.8 Å². The van der Waals surface area contributed by atoms with Crippen LogP contribution >= 0.6 is 0 Å². The number of pyridine rings is 1. The molecule has 0 atom stereocenters. The molecule has 2 amide bonds. The summed E-state index contributed by atoms with van der Waals surface area (Å²) in [6.07, 6.45) is 11.7. The smallest absolute Gasteiger partial charge is 0.271 e. The molecule has 4 aromatic heterocycles. The first-order valence-electron chi connectivity index (χ1n) is 18.2. The predicted molar refractivity (Wildman–Crippen MR) is 218 cm³/mol. The van der Waals surface area contributed by atoms with Crippen molar-refractivity contribution < 1.29 is 31.2 Å². The van der Waals surface area contributed by atoms with E-state index in [0.717, 1.165) is 16.8 Å². The largest absolute Gasteiger partial charge is 0.494 e. The second kappa shape index (κ2) is 17.5. The Bertz CT molecular complexity index is 2920. The van der Waals surface area contributed by atoms with Crippen LogP contribution in [0, 0.1) is 0 Å². The van der Waals surface area contributed by atoms with E-state index in [4.69, 9.17) is 4.74 Å². The van der Waals surface area contributed by atoms with Gasteiger partial charge in [-0.2, -0.15) is 0 Å². The summed E-state index contributed by atoms with van der Waals surface area (Å²) in [5.74, 6) is 0.0890. The normalized spacial score (nSPS) is 11.4. The predicted octanol–water partition coefficient (Wildman–Crippen LogP) is 5.99. The van der Waals surface area contributed by atoms with Gasteiger partial charge in [0.2, 0.25) is 19.7 Å². The van der Waals surface area contributed by atoms with Crippen molar-refractivity contribution in [3.05, 3.63) is 181 Å². The Balaban J connectivity index is 0.000000180. The molecule has 16 heteroatoms. The number of nitrogens with zero attached hydrogens (tertiary/aromatic N) is 5. The van der Waals surface area contributed by atoms with Crippen LogP contribution in [-0.2, 0) is 32.8 Å². The van der Waals surface area contributed by atoms with E-state index in [0.29, 0.717) is 23.6 Å². The molecule has 4 heterocycles. The maximum Gasteiger partial charge on any atom is 0.271 e. The lowest BCUT2D eigenvalue weighted by Gasteiger charge is -2.09. The zero-order valence-corrected chi connectivity index (χ0v) is 33.2. The number of carbonyl (C=O) groups excluding carboxylic acids is 2. The van der Waals surface area contributed by atoms with Gasteiger partial charge in [0, 0.05) is 50.3 Å². The van der Waals surface area contributed by atoms with E-state index in [1.165, 1.54) is 12.1 Å². The number of amides is 2. The van der Waals surface area contributed by atoms with E-state index in [2.05, 4.69) is 25.6 Å². The van der Waals surface area contributed by atoms with Crippen LogP contribution in [0.4, 0.5) is 0 Å². The molecule has 14 nitrogen and oxygen atoms in total. The van der Waals surface area contributed by atoms with Crippen molar-refractivity contribution in [2.24, 2.45) is 0 Å². The number of hydrogen-bond donors (Lipinski definition) is 2. The van der Waals surface area contributed by atoms with Gasteiger partial charge < -0.3 is 24.2 Å². The molecule has 298 valence electrons. The Hall–Kier alpha value is -7.17. The molecule has 0 saturated heterocycles. The molecule has 0 spiro atoms. The number of benzene rings is 4. The Kier molecular flexibility index (Phi) is 11.9. The van der Waals surface area contributed by atoms with Gasteiger partial charge in [-0.05, 0) is 90.8 Å². The Morgan fingerprint density at radius 2 is 1.15 bits per heavy atom. The fourth-order valence-corrected chi connectivity index (χ4v) is 8.43. The Labute approximate surface area is 340 Å². The third kappa shape index (κ3) is 9.35. The van der Waals surface area contributed by atoms with Crippen LogP contribution in [0.5, 0.6) is 5.75 Å². The molecule has 0 unspecified atom stereocenters. The minimum Gasteiger partial charge on any atom is -0.494 e. The highest BCUT2D eigenvalue weighted by Crippen LogP contribution is 2.24. The van der Waals surface area contributed by atoms with Crippen LogP contribution in [0.15, 0.2) is 178 Å². The summed E-state index contributed by atoms with van der Waals surface area (Å²) in [4.78, 5) is 37.9. The van der Waals surface area contributed by atoms with E-state index < -0.39 is 19.7 Å².